The van der Waals surface area contributed by atoms with Gasteiger partial charge in [-0.15, -0.1) is 0 Å². The molecule has 56 valence electrons. The van der Waals surface area contributed by atoms with Gasteiger partial charge in [-0.2, -0.15) is 0 Å². The van der Waals surface area contributed by atoms with E-state index < -0.39 is 0 Å². The van der Waals surface area contributed by atoms with Crippen LogP contribution < -0.4 is 0 Å². The lowest BCUT2D eigenvalue weighted by molar-refractivity contribution is -0.104. The van der Waals surface area contributed by atoms with Crippen LogP contribution in [0.25, 0.3) is 0 Å². The van der Waals surface area contributed by atoms with Crippen LogP contribution >= 0.6 is 0 Å². The van der Waals surface area contributed by atoms with Gasteiger partial charge in [0.25, 0.3) is 0 Å². The van der Waals surface area contributed by atoms with E-state index in [1.165, 1.54) is 5.57 Å². The van der Waals surface area contributed by atoms with Gasteiger partial charge in [-0.3, -0.25) is 4.79 Å². The maximum Gasteiger partial charge on any atom is 0.145 e. The molecule has 0 aliphatic carbocycles. The summed E-state index contributed by atoms with van der Waals surface area (Å²) in [5.74, 6) is 0. The van der Waals surface area contributed by atoms with E-state index in [1.54, 1.807) is 6.92 Å². The van der Waals surface area contributed by atoms with Crippen molar-refractivity contribution in [2.45, 2.75) is 27.2 Å². The van der Waals surface area contributed by atoms with Crippen molar-refractivity contribution in [2.24, 2.45) is 0 Å². The second-order valence-electron chi connectivity index (χ2n) is 2.40. The second kappa shape index (κ2) is 4.98. The quantitative estimate of drug-likeness (QED) is 0.332. The summed E-state index contributed by atoms with van der Waals surface area (Å²) >= 11 is 0. The van der Waals surface area contributed by atoms with Gasteiger partial charge in [0.1, 0.15) is 6.29 Å². The Labute approximate surface area is 62.4 Å². The highest BCUT2D eigenvalue weighted by atomic mass is 16.1. The Kier molecular flexibility index (Phi) is 4.55. The number of allylic oxidation sites excluding steroid dienone is 4. The van der Waals surface area contributed by atoms with Crippen molar-refractivity contribution in [1.82, 2.24) is 0 Å². The van der Waals surface area contributed by atoms with E-state index in [2.05, 4.69) is 13.8 Å². The van der Waals surface area contributed by atoms with Gasteiger partial charge in [-0.25, -0.2) is 0 Å². The van der Waals surface area contributed by atoms with E-state index in [-0.39, 0.29) is 0 Å². The number of hydrogen-bond acceptors (Lipinski definition) is 1. The largest absolute Gasteiger partial charge is 0.298 e. The molecule has 0 saturated heterocycles. The first kappa shape index (κ1) is 9.15. The fourth-order valence-electron chi connectivity index (χ4n) is 0.431. The third kappa shape index (κ3) is 4.07. The summed E-state index contributed by atoms with van der Waals surface area (Å²) in [6, 6.07) is 0. The first-order valence-electron chi connectivity index (χ1n) is 3.50. The van der Waals surface area contributed by atoms with Crippen LogP contribution in [0.4, 0.5) is 0 Å². The summed E-state index contributed by atoms with van der Waals surface area (Å²) in [6.07, 6.45) is 5.72. The lowest BCUT2D eigenvalue weighted by Crippen LogP contribution is -1.74. The van der Waals surface area contributed by atoms with Crippen molar-refractivity contribution in [1.29, 1.82) is 0 Å². The van der Waals surface area contributed by atoms with Crippen LogP contribution in [0.2, 0.25) is 0 Å². The maximum absolute atomic E-state index is 10.1. The van der Waals surface area contributed by atoms with Gasteiger partial charge in [-0.05, 0) is 25.8 Å². The highest BCUT2D eigenvalue weighted by Gasteiger charge is 1.81. The molecule has 10 heavy (non-hydrogen) atoms. The van der Waals surface area contributed by atoms with Crippen LogP contribution in [0.15, 0.2) is 23.3 Å². The predicted molar refractivity (Wildman–Crippen MR) is 43.9 cm³/mol. The molecule has 0 atom stereocenters. The second-order valence-corrected chi connectivity index (χ2v) is 2.40. The Morgan fingerprint density at radius 1 is 1.30 bits per heavy atom. The van der Waals surface area contributed by atoms with E-state index in [4.69, 9.17) is 0 Å². The first-order chi connectivity index (χ1) is 4.70. The SMILES string of the molecule is CC/C(C)=C\C=C(/C)C=O. The zero-order chi connectivity index (χ0) is 7.98. The van der Waals surface area contributed by atoms with E-state index >= 15 is 0 Å². The topological polar surface area (TPSA) is 17.1 Å². The molecule has 0 saturated carbocycles. The molecule has 0 bridgehead atoms. The van der Waals surface area contributed by atoms with Crippen LogP contribution in [0.3, 0.4) is 0 Å². The average molecular weight is 138 g/mol. The fourth-order valence-corrected chi connectivity index (χ4v) is 0.431. The molecule has 0 aromatic heterocycles. The van der Waals surface area contributed by atoms with Gasteiger partial charge in [0, 0.05) is 0 Å². The molecule has 0 aliphatic rings. The zero-order valence-corrected chi connectivity index (χ0v) is 6.85. The molecular weight excluding hydrogens is 124 g/mol. The predicted octanol–water partition coefficient (Wildman–Crippen LogP) is 2.49. The third-order valence-corrected chi connectivity index (χ3v) is 1.37. The molecule has 0 heterocycles. The van der Waals surface area contributed by atoms with Crippen LogP contribution in [0.1, 0.15) is 27.2 Å². The van der Waals surface area contributed by atoms with Gasteiger partial charge in [-0.1, -0.05) is 24.6 Å². The Hall–Kier alpha value is -0.850. The molecule has 0 aromatic carbocycles. The summed E-state index contributed by atoms with van der Waals surface area (Å²) in [5.41, 5.74) is 2.06. The summed E-state index contributed by atoms with van der Waals surface area (Å²) in [4.78, 5) is 10.1. The van der Waals surface area contributed by atoms with Gasteiger partial charge in [0.15, 0.2) is 0 Å². The summed E-state index contributed by atoms with van der Waals surface area (Å²) < 4.78 is 0. The van der Waals surface area contributed by atoms with Crippen molar-refractivity contribution < 1.29 is 4.79 Å². The third-order valence-electron chi connectivity index (χ3n) is 1.37. The molecule has 0 radical (unpaired) electrons. The molecule has 0 rings (SSSR count). The van der Waals surface area contributed by atoms with E-state index in [0.29, 0.717) is 0 Å². The number of carbonyl (C=O) groups is 1. The minimum absolute atomic E-state index is 0.771. The number of carbonyl (C=O) groups excluding carboxylic acids is 1. The number of aldehydes is 1. The maximum atomic E-state index is 10.1. The lowest BCUT2D eigenvalue weighted by atomic mass is 10.2. The van der Waals surface area contributed by atoms with E-state index in [0.717, 1.165) is 18.3 Å². The Bertz CT molecular complexity index is 164. The Morgan fingerprint density at radius 2 is 1.90 bits per heavy atom. The molecule has 0 unspecified atom stereocenters. The Balaban J connectivity index is 4.03. The van der Waals surface area contributed by atoms with Crippen LogP contribution in [-0.2, 0) is 4.79 Å². The fraction of sp³-hybridized carbons (Fsp3) is 0.444. The summed E-state index contributed by atoms with van der Waals surface area (Å²) in [5, 5.41) is 0. The summed E-state index contributed by atoms with van der Waals surface area (Å²) in [6.45, 7) is 5.94. The van der Waals surface area contributed by atoms with Gasteiger partial charge >= 0.3 is 0 Å². The molecule has 0 spiro atoms. The van der Waals surface area contributed by atoms with Crippen molar-refractivity contribution >= 4 is 6.29 Å². The highest BCUT2D eigenvalue weighted by molar-refractivity contribution is 5.72. The summed E-state index contributed by atoms with van der Waals surface area (Å²) in [7, 11) is 0. The van der Waals surface area contributed by atoms with Crippen LogP contribution in [0.5, 0.6) is 0 Å². The molecule has 0 N–H and O–H groups in total. The number of hydrogen-bond donors (Lipinski definition) is 0. The van der Waals surface area contributed by atoms with Crippen molar-refractivity contribution in [2.75, 3.05) is 0 Å². The van der Waals surface area contributed by atoms with Crippen molar-refractivity contribution in [3.8, 4) is 0 Å². The highest BCUT2D eigenvalue weighted by Crippen LogP contribution is 1.99. The zero-order valence-electron chi connectivity index (χ0n) is 6.85. The van der Waals surface area contributed by atoms with Crippen LogP contribution in [0, 0.1) is 0 Å². The van der Waals surface area contributed by atoms with Gasteiger partial charge in [0.05, 0.1) is 0 Å². The normalized spacial score (nSPS) is 13.5. The van der Waals surface area contributed by atoms with Crippen molar-refractivity contribution in [3.63, 3.8) is 0 Å². The van der Waals surface area contributed by atoms with E-state index in [9.17, 15) is 4.79 Å². The lowest BCUT2D eigenvalue weighted by Gasteiger charge is -1.89. The smallest absolute Gasteiger partial charge is 0.145 e. The van der Waals surface area contributed by atoms with Crippen LogP contribution in [-0.4, -0.2) is 6.29 Å². The minimum Gasteiger partial charge on any atom is -0.298 e. The van der Waals surface area contributed by atoms with Gasteiger partial charge in [0.2, 0.25) is 0 Å². The van der Waals surface area contributed by atoms with E-state index in [1.807, 2.05) is 12.2 Å². The standard InChI is InChI=1S/C9H14O/c1-4-8(2)5-6-9(3)7-10/h5-7H,4H2,1-3H3/b8-5-,9-6+. The molecule has 0 fully saturated rings. The van der Waals surface area contributed by atoms with Crippen molar-refractivity contribution in [3.05, 3.63) is 23.3 Å². The monoisotopic (exact) mass is 138 g/mol. The molecule has 0 amide bonds. The molecule has 1 nitrogen and oxygen atoms in total. The number of rotatable bonds is 3. The Morgan fingerprint density at radius 3 is 2.30 bits per heavy atom. The molecule has 0 aromatic rings. The minimum atomic E-state index is 0.771. The first-order valence-corrected chi connectivity index (χ1v) is 3.50. The molecule has 0 aliphatic heterocycles. The average Bonchev–Trinajstić information content (AvgIpc) is 1.99. The molecule has 1 heteroatoms. The molecular formula is C9H14O. The van der Waals surface area contributed by atoms with Gasteiger partial charge < -0.3 is 0 Å².